The van der Waals surface area contributed by atoms with Gasteiger partial charge in [-0.2, -0.15) is 5.26 Å². The van der Waals surface area contributed by atoms with Crippen molar-refractivity contribution in [1.82, 2.24) is 15.5 Å². The Morgan fingerprint density at radius 3 is 2.83 bits per heavy atom. The molecule has 30 heavy (non-hydrogen) atoms. The Labute approximate surface area is 177 Å². The van der Waals surface area contributed by atoms with Gasteiger partial charge in [0.1, 0.15) is 11.4 Å². The number of fused-ring (bicyclic) bond motifs is 1. The van der Waals surface area contributed by atoms with Crippen molar-refractivity contribution in [2.75, 3.05) is 31.8 Å². The first-order valence-electron chi connectivity index (χ1n) is 10.9. The number of anilines is 1. The molecule has 4 rings (SSSR count). The van der Waals surface area contributed by atoms with Crippen LogP contribution in [0.25, 0.3) is 11.3 Å². The van der Waals surface area contributed by atoms with Gasteiger partial charge in [0, 0.05) is 30.3 Å². The van der Waals surface area contributed by atoms with Crippen LogP contribution in [0.5, 0.6) is 5.75 Å². The van der Waals surface area contributed by atoms with Crippen molar-refractivity contribution in [1.29, 1.82) is 5.26 Å². The van der Waals surface area contributed by atoms with Crippen molar-refractivity contribution >= 4 is 5.82 Å². The minimum Gasteiger partial charge on any atom is -0.467 e. The number of benzene rings is 1. The summed E-state index contributed by atoms with van der Waals surface area (Å²) in [5.41, 5.74) is 4.79. The molecule has 0 spiro atoms. The van der Waals surface area contributed by atoms with Crippen molar-refractivity contribution in [3.63, 3.8) is 0 Å². The van der Waals surface area contributed by atoms with Crippen LogP contribution in [0.1, 0.15) is 49.3 Å². The van der Waals surface area contributed by atoms with Crippen LogP contribution >= 0.6 is 0 Å². The Morgan fingerprint density at radius 2 is 2.07 bits per heavy atom. The predicted octanol–water partition coefficient (Wildman–Crippen LogP) is 3.43. The highest BCUT2D eigenvalue weighted by Crippen LogP contribution is 2.37. The Hall–Kier alpha value is -2.69. The topological polar surface area (TPSA) is 92.1 Å². The SMILES string of the molecule is CCOCOc1cc(C#N)ccc1-c1nnc(N[C@@H]2CCCNC2)c2c1CCCC2. The molecule has 2 aliphatic rings. The molecular formula is C23H29N5O2. The van der Waals surface area contributed by atoms with Gasteiger partial charge in [0.05, 0.1) is 11.6 Å². The van der Waals surface area contributed by atoms with Crippen LogP contribution in [0.3, 0.4) is 0 Å². The quantitative estimate of drug-likeness (QED) is 0.537. The third-order valence-electron chi connectivity index (χ3n) is 5.79. The summed E-state index contributed by atoms with van der Waals surface area (Å²) in [4.78, 5) is 0. The molecule has 158 valence electrons. The summed E-state index contributed by atoms with van der Waals surface area (Å²) in [6.07, 6.45) is 6.61. The van der Waals surface area contributed by atoms with Gasteiger partial charge < -0.3 is 20.1 Å². The molecule has 1 atom stereocenters. The zero-order chi connectivity index (χ0) is 20.8. The number of aromatic nitrogens is 2. The highest BCUT2D eigenvalue weighted by atomic mass is 16.7. The fraction of sp³-hybridized carbons (Fsp3) is 0.522. The third-order valence-corrected chi connectivity index (χ3v) is 5.79. The molecule has 1 aromatic carbocycles. The second-order valence-electron chi connectivity index (χ2n) is 7.83. The van der Waals surface area contributed by atoms with Crippen LogP contribution in [-0.2, 0) is 17.6 Å². The number of rotatable bonds is 7. The van der Waals surface area contributed by atoms with E-state index in [1.165, 1.54) is 17.5 Å². The fourth-order valence-electron chi connectivity index (χ4n) is 4.24. The number of hydrogen-bond donors (Lipinski definition) is 2. The average Bonchev–Trinajstić information content (AvgIpc) is 2.80. The van der Waals surface area contributed by atoms with Gasteiger partial charge in [-0.25, -0.2) is 0 Å². The second-order valence-corrected chi connectivity index (χ2v) is 7.83. The lowest BCUT2D eigenvalue weighted by atomic mass is 9.88. The van der Waals surface area contributed by atoms with E-state index in [4.69, 9.17) is 9.47 Å². The van der Waals surface area contributed by atoms with E-state index in [0.717, 1.165) is 62.3 Å². The molecule has 2 aromatic rings. The maximum Gasteiger partial charge on any atom is 0.189 e. The number of nitriles is 1. The molecule has 7 nitrogen and oxygen atoms in total. The zero-order valence-corrected chi connectivity index (χ0v) is 17.5. The van der Waals surface area contributed by atoms with Crippen molar-refractivity contribution in [2.24, 2.45) is 0 Å². The molecule has 2 heterocycles. The number of nitrogens with one attached hydrogen (secondary N) is 2. The van der Waals surface area contributed by atoms with E-state index < -0.39 is 0 Å². The monoisotopic (exact) mass is 407 g/mol. The highest BCUT2D eigenvalue weighted by molar-refractivity contribution is 5.74. The van der Waals surface area contributed by atoms with E-state index in [2.05, 4.69) is 26.9 Å². The molecule has 1 saturated heterocycles. The van der Waals surface area contributed by atoms with E-state index in [1.54, 1.807) is 12.1 Å². The zero-order valence-electron chi connectivity index (χ0n) is 17.5. The summed E-state index contributed by atoms with van der Waals surface area (Å²) in [5.74, 6) is 1.54. The molecule has 7 heteroatoms. The number of hydrogen-bond acceptors (Lipinski definition) is 7. The van der Waals surface area contributed by atoms with Gasteiger partial charge in [-0.15, -0.1) is 10.2 Å². The molecule has 1 aliphatic carbocycles. The molecule has 2 N–H and O–H groups in total. The van der Waals surface area contributed by atoms with Crippen LogP contribution in [0, 0.1) is 11.3 Å². The lowest BCUT2D eigenvalue weighted by Gasteiger charge is -2.27. The normalized spacial score (nSPS) is 18.3. The first-order valence-corrected chi connectivity index (χ1v) is 10.9. The maximum atomic E-state index is 9.30. The molecule has 0 unspecified atom stereocenters. The molecule has 1 aliphatic heterocycles. The third kappa shape index (κ3) is 4.55. The second kappa shape index (κ2) is 9.88. The van der Waals surface area contributed by atoms with Gasteiger partial charge in [-0.05, 0) is 75.8 Å². The minimum atomic E-state index is 0.141. The molecule has 1 fully saturated rings. The van der Waals surface area contributed by atoms with Crippen LogP contribution < -0.4 is 15.4 Å². The van der Waals surface area contributed by atoms with Crippen LogP contribution in [0.2, 0.25) is 0 Å². The summed E-state index contributed by atoms with van der Waals surface area (Å²) in [5, 5.41) is 25.6. The number of piperidine rings is 1. The van der Waals surface area contributed by atoms with Gasteiger partial charge in [-0.1, -0.05) is 0 Å². The summed E-state index contributed by atoms with van der Waals surface area (Å²) in [7, 11) is 0. The lowest BCUT2D eigenvalue weighted by Crippen LogP contribution is -2.39. The maximum absolute atomic E-state index is 9.30. The van der Waals surface area contributed by atoms with E-state index in [-0.39, 0.29) is 6.79 Å². The summed E-state index contributed by atoms with van der Waals surface area (Å²) >= 11 is 0. The molecule has 0 bridgehead atoms. The largest absolute Gasteiger partial charge is 0.467 e. The standard InChI is InChI=1S/C23H29N5O2/c1-2-29-15-30-21-12-16(13-24)9-10-20(21)22-18-7-3-4-8-19(18)23(28-27-22)26-17-6-5-11-25-14-17/h9-10,12,17,25H,2-8,11,14-15H2,1H3,(H,26,28)/t17-/m1/s1. The molecule has 0 radical (unpaired) electrons. The van der Waals surface area contributed by atoms with Gasteiger partial charge in [0.15, 0.2) is 12.6 Å². The van der Waals surface area contributed by atoms with Crippen LogP contribution in [-0.4, -0.2) is 42.7 Å². The molecular weight excluding hydrogens is 378 g/mol. The Morgan fingerprint density at radius 1 is 1.20 bits per heavy atom. The van der Waals surface area contributed by atoms with Gasteiger partial charge in [0.25, 0.3) is 0 Å². The van der Waals surface area contributed by atoms with Crippen molar-refractivity contribution in [3.8, 4) is 23.1 Å². The minimum absolute atomic E-state index is 0.141. The predicted molar refractivity (Wildman–Crippen MR) is 115 cm³/mol. The summed E-state index contributed by atoms with van der Waals surface area (Å²) < 4.78 is 11.2. The van der Waals surface area contributed by atoms with E-state index in [9.17, 15) is 5.26 Å². The van der Waals surface area contributed by atoms with E-state index in [0.29, 0.717) is 24.0 Å². The van der Waals surface area contributed by atoms with Crippen LogP contribution in [0.15, 0.2) is 18.2 Å². The molecule has 0 amide bonds. The molecule has 0 saturated carbocycles. The van der Waals surface area contributed by atoms with Crippen molar-refractivity contribution in [2.45, 2.75) is 51.5 Å². The smallest absolute Gasteiger partial charge is 0.189 e. The Balaban J connectivity index is 1.70. The highest BCUT2D eigenvalue weighted by Gasteiger charge is 2.24. The van der Waals surface area contributed by atoms with E-state index in [1.807, 2.05) is 13.0 Å². The van der Waals surface area contributed by atoms with Crippen molar-refractivity contribution in [3.05, 3.63) is 34.9 Å². The average molecular weight is 408 g/mol. The first kappa shape index (κ1) is 20.6. The van der Waals surface area contributed by atoms with Gasteiger partial charge in [-0.3, -0.25) is 0 Å². The Bertz CT molecular complexity index is 919. The summed E-state index contributed by atoms with van der Waals surface area (Å²) in [6, 6.07) is 8.05. The summed E-state index contributed by atoms with van der Waals surface area (Å²) in [6.45, 7) is 4.68. The molecule has 1 aromatic heterocycles. The van der Waals surface area contributed by atoms with Crippen molar-refractivity contribution < 1.29 is 9.47 Å². The number of nitrogens with zero attached hydrogens (tertiary/aromatic N) is 3. The number of ether oxygens (including phenoxy) is 2. The van der Waals surface area contributed by atoms with E-state index >= 15 is 0 Å². The van der Waals surface area contributed by atoms with Crippen LogP contribution in [0.4, 0.5) is 5.82 Å². The lowest BCUT2D eigenvalue weighted by molar-refractivity contribution is 0.0227. The fourth-order valence-corrected chi connectivity index (χ4v) is 4.24. The van der Waals surface area contributed by atoms with Gasteiger partial charge >= 0.3 is 0 Å². The van der Waals surface area contributed by atoms with Gasteiger partial charge in [0.2, 0.25) is 0 Å². The first-order chi connectivity index (χ1) is 14.8. The Kier molecular flexibility index (Phi) is 6.77.